The van der Waals surface area contributed by atoms with E-state index in [-0.39, 0.29) is 6.09 Å². The second-order valence-electron chi connectivity index (χ2n) is 7.26. The van der Waals surface area contributed by atoms with Crippen LogP contribution in [0, 0.1) is 12.8 Å². The molecule has 2 atom stereocenters. The quantitative estimate of drug-likeness (QED) is 0.857. The molecule has 0 aliphatic carbocycles. The third kappa shape index (κ3) is 3.88. The van der Waals surface area contributed by atoms with Crippen molar-refractivity contribution in [2.45, 2.75) is 44.7 Å². The topological polar surface area (TPSA) is 50.4 Å². The number of rotatable bonds is 4. The molecule has 2 aromatic rings. The van der Waals surface area contributed by atoms with Gasteiger partial charge in [0, 0.05) is 24.2 Å². The Bertz CT molecular complexity index is 732. The molecule has 2 aliphatic rings. The molecule has 0 saturated carbocycles. The number of hydrogen-bond acceptors (Lipinski definition) is 4. The van der Waals surface area contributed by atoms with Crippen molar-refractivity contribution in [2.75, 3.05) is 6.54 Å². The number of benzene rings is 1. The lowest BCUT2D eigenvalue weighted by Crippen LogP contribution is -2.42. The van der Waals surface area contributed by atoms with Crippen LogP contribution < -0.4 is 15.4 Å². The van der Waals surface area contributed by atoms with Gasteiger partial charge < -0.3 is 15.4 Å². The first-order valence-electron chi connectivity index (χ1n) is 9.02. The van der Waals surface area contributed by atoms with Gasteiger partial charge in [0.15, 0.2) is 0 Å². The number of piperidine rings is 1. The summed E-state index contributed by atoms with van der Waals surface area (Å²) in [4.78, 5) is 12.3. The molecule has 5 heteroatoms. The summed E-state index contributed by atoms with van der Waals surface area (Å²) in [6.45, 7) is 2.75. The monoisotopic (exact) mass is 356 g/mol. The molecule has 2 bridgehead atoms. The summed E-state index contributed by atoms with van der Waals surface area (Å²) >= 11 is 1.64. The lowest BCUT2D eigenvalue weighted by Gasteiger charge is -2.29. The maximum absolute atomic E-state index is 12.3. The van der Waals surface area contributed by atoms with Crippen LogP contribution in [0.2, 0.25) is 0 Å². The van der Waals surface area contributed by atoms with Crippen LogP contribution in [0.4, 0.5) is 4.79 Å². The average Bonchev–Trinajstić information content (AvgIpc) is 3.24. The largest absolute Gasteiger partial charge is 0.412 e. The van der Waals surface area contributed by atoms with Gasteiger partial charge in [0.2, 0.25) is 0 Å². The number of amides is 1. The lowest BCUT2D eigenvalue weighted by atomic mass is 9.92. The van der Waals surface area contributed by atoms with Crippen molar-refractivity contribution in [3.05, 3.63) is 40.6 Å². The van der Waals surface area contributed by atoms with Crippen LogP contribution in [0.3, 0.4) is 0 Å². The van der Waals surface area contributed by atoms with Gasteiger partial charge in [-0.15, -0.1) is 0 Å². The third-order valence-electron chi connectivity index (χ3n) is 5.28. The number of carbonyl (C=O) groups is 1. The number of carbonyl (C=O) groups excluding carboxylic acids is 1. The number of thiophene rings is 1. The number of aryl methyl sites for hydroxylation is 1. The fraction of sp³-hybridized carbons (Fsp3) is 0.450. The van der Waals surface area contributed by atoms with Crippen molar-refractivity contribution in [3.63, 3.8) is 0 Å². The van der Waals surface area contributed by atoms with Gasteiger partial charge >= 0.3 is 6.09 Å². The normalized spacial score (nSPS) is 24.9. The highest BCUT2D eigenvalue weighted by Crippen LogP contribution is 2.33. The first-order valence-corrected chi connectivity index (χ1v) is 9.96. The predicted octanol–water partition coefficient (Wildman–Crippen LogP) is 4.34. The highest BCUT2D eigenvalue weighted by atomic mass is 32.1. The van der Waals surface area contributed by atoms with E-state index in [0.717, 1.165) is 29.5 Å². The van der Waals surface area contributed by atoms with Crippen LogP contribution in [-0.2, 0) is 0 Å². The maximum Gasteiger partial charge on any atom is 0.412 e. The molecule has 1 amide bonds. The molecule has 1 aromatic heterocycles. The van der Waals surface area contributed by atoms with E-state index in [0.29, 0.717) is 30.3 Å². The van der Waals surface area contributed by atoms with E-state index in [2.05, 4.69) is 28.1 Å². The third-order valence-corrected chi connectivity index (χ3v) is 5.96. The summed E-state index contributed by atoms with van der Waals surface area (Å²) < 4.78 is 5.62. The van der Waals surface area contributed by atoms with E-state index in [4.69, 9.17) is 4.74 Å². The Morgan fingerprint density at radius 1 is 1.28 bits per heavy atom. The Hall–Kier alpha value is -1.85. The van der Waals surface area contributed by atoms with Gasteiger partial charge in [-0.3, -0.25) is 0 Å². The van der Waals surface area contributed by atoms with E-state index in [9.17, 15) is 4.79 Å². The van der Waals surface area contributed by atoms with Gasteiger partial charge in [-0.2, -0.15) is 11.3 Å². The molecule has 2 N–H and O–H groups in total. The van der Waals surface area contributed by atoms with Gasteiger partial charge in [0.05, 0.1) is 0 Å². The van der Waals surface area contributed by atoms with E-state index < -0.39 is 0 Å². The molecular weight excluding hydrogens is 332 g/mol. The van der Waals surface area contributed by atoms with E-state index in [1.807, 2.05) is 24.4 Å². The molecular formula is C20H24N2O2S. The van der Waals surface area contributed by atoms with Crippen molar-refractivity contribution in [2.24, 2.45) is 5.92 Å². The van der Waals surface area contributed by atoms with E-state index in [1.165, 1.54) is 12.8 Å². The van der Waals surface area contributed by atoms with Gasteiger partial charge in [-0.1, -0.05) is 11.6 Å². The molecule has 132 valence electrons. The summed E-state index contributed by atoms with van der Waals surface area (Å²) in [6, 6.07) is 9.26. The van der Waals surface area contributed by atoms with Crippen molar-refractivity contribution in [1.82, 2.24) is 10.6 Å². The summed E-state index contributed by atoms with van der Waals surface area (Å²) in [5.74, 6) is 1.17. The first kappa shape index (κ1) is 16.6. The Kier molecular flexibility index (Phi) is 4.77. The zero-order chi connectivity index (χ0) is 17.2. The fourth-order valence-corrected chi connectivity index (χ4v) is 4.74. The zero-order valence-corrected chi connectivity index (χ0v) is 15.3. The molecule has 2 fully saturated rings. The second-order valence-corrected chi connectivity index (χ2v) is 8.04. The van der Waals surface area contributed by atoms with Crippen LogP contribution in [0.5, 0.6) is 5.75 Å². The van der Waals surface area contributed by atoms with Crippen LogP contribution in [0.15, 0.2) is 35.0 Å². The molecule has 2 saturated heterocycles. The Balaban J connectivity index is 1.38. The summed E-state index contributed by atoms with van der Waals surface area (Å²) in [7, 11) is 0. The first-order chi connectivity index (χ1) is 12.2. The Morgan fingerprint density at radius 3 is 2.80 bits per heavy atom. The maximum atomic E-state index is 12.3. The smallest absolute Gasteiger partial charge is 0.410 e. The van der Waals surface area contributed by atoms with Crippen molar-refractivity contribution >= 4 is 17.4 Å². The molecule has 25 heavy (non-hydrogen) atoms. The molecule has 1 aromatic carbocycles. The minimum absolute atomic E-state index is 0.355. The molecule has 0 spiro atoms. The SMILES string of the molecule is Cc1ccc(OC(=O)NCC2CC3CCC(C2)N3)c(-c2ccsc2)c1. The predicted molar refractivity (Wildman–Crippen MR) is 101 cm³/mol. The highest BCUT2D eigenvalue weighted by molar-refractivity contribution is 7.08. The number of hydrogen-bond donors (Lipinski definition) is 2. The standard InChI is InChI=1S/C20H24N2O2S/c1-13-2-5-19(18(8-13)15-6-7-25-12-15)24-20(23)21-11-14-9-16-3-4-17(10-14)22-16/h2,5-8,12,14,16-17,22H,3-4,9-11H2,1H3,(H,21,23). The number of nitrogens with one attached hydrogen (secondary N) is 2. The van der Waals surface area contributed by atoms with Crippen LogP contribution >= 0.6 is 11.3 Å². The minimum Gasteiger partial charge on any atom is -0.410 e. The molecule has 0 radical (unpaired) electrons. The van der Waals surface area contributed by atoms with Crippen LogP contribution in [0.1, 0.15) is 31.2 Å². The number of ether oxygens (including phenoxy) is 1. The Morgan fingerprint density at radius 2 is 2.08 bits per heavy atom. The van der Waals surface area contributed by atoms with Gasteiger partial charge in [0.25, 0.3) is 0 Å². The minimum atomic E-state index is -0.355. The number of fused-ring (bicyclic) bond motifs is 2. The van der Waals surface area contributed by atoms with Gasteiger partial charge in [0.1, 0.15) is 5.75 Å². The molecule has 2 unspecified atom stereocenters. The molecule has 3 heterocycles. The van der Waals surface area contributed by atoms with Crippen molar-refractivity contribution in [1.29, 1.82) is 0 Å². The zero-order valence-electron chi connectivity index (χ0n) is 14.5. The molecule has 4 rings (SSSR count). The average molecular weight is 356 g/mol. The fourth-order valence-electron chi connectivity index (χ4n) is 4.08. The summed E-state index contributed by atoms with van der Waals surface area (Å²) in [6.07, 6.45) is 4.51. The Labute approximate surface area is 152 Å². The van der Waals surface area contributed by atoms with Gasteiger partial charge in [-0.05, 0) is 73.0 Å². The van der Waals surface area contributed by atoms with Crippen LogP contribution in [-0.4, -0.2) is 24.7 Å². The highest BCUT2D eigenvalue weighted by Gasteiger charge is 2.33. The van der Waals surface area contributed by atoms with Crippen LogP contribution in [0.25, 0.3) is 11.1 Å². The second kappa shape index (κ2) is 7.18. The molecule has 2 aliphatic heterocycles. The van der Waals surface area contributed by atoms with Crippen molar-refractivity contribution in [3.8, 4) is 16.9 Å². The van der Waals surface area contributed by atoms with E-state index in [1.54, 1.807) is 11.3 Å². The lowest BCUT2D eigenvalue weighted by molar-refractivity contribution is 0.195. The van der Waals surface area contributed by atoms with E-state index >= 15 is 0 Å². The summed E-state index contributed by atoms with van der Waals surface area (Å²) in [5, 5.41) is 10.7. The molecule has 4 nitrogen and oxygen atoms in total. The van der Waals surface area contributed by atoms with Gasteiger partial charge in [-0.25, -0.2) is 4.79 Å². The summed E-state index contributed by atoms with van der Waals surface area (Å²) in [5.41, 5.74) is 3.21. The van der Waals surface area contributed by atoms with Crippen molar-refractivity contribution < 1.29 is 9.53 Å².